The summed E-state index contributed by atoms with van der Waals surface area (Å²) in [6.45, 7) is 0. The molecule has 0 unspecified atom stereocenters. The highest BCUT2D eigenvalue weighted by molar-refractivity contribution is 6.07. The summed E-state index contributed by atoms with van der Waals surface area (Å²) in [6, 6.07) is 7.65. The lowest BCUT2D eigenvalue weighted by atomic mass is 10.1. The minimum Gasteiger partial charge on any atom is -0.329 e. The molecule has 122 valence electrons. The van der Waals surface area contributed by atoms with Crippen molar-refractivity contribution in [3.63, 3.8) is 0 Å². The number of nitriles is 1. The summed E-state index contributed by atoms with van der Waals surface area (Å²) in [6.07, 6.45) is -0.735. The molecule has 1 aromatic heterocycles. The lowest BCUT2D eigenvalue weighted by molar-refractivity contribution is -0.137. The van der Waals surface area contributed by atoms with Crippen molar-refractivity contribution in [2.45, 2.75) is 6.18 Å². The molecule has 0 spiro atoms. The predicted molar refractivity (Wildman–Crippen MR) is 79.4 cm³/mol. The molecule has 0 aliphatic heterocycles. The Balaban J connectivity index is 2.18. The molecule has 0 fully saturated rings. The number of halogens is 3. The van der Waals surface area contributed by atoms with E-state index in [2.05, 4.69) is 20.6 Å². The Kier molecular flexibility index (Phi) is 5.11. The number of carbonyl (C=O) groups excluding carboxylic acids is 1. The van der Waals surface area contributed by atoms with Crippen molar-refractivity contribution >= 4 is 17.5 Å². The standard InChI is InChI=1S/C15H10F3N5O/c16-15(17,18)11-4-1-2-5-12(11)23-13(24)10(8-19)9-22-14-20-6-3-7-21-14/h1-7,9H,(H,23,24)(H,20,21,22)/b10-9-. The number of para-hydroxylation sites is 1. The molecule has 0 saturated heterocycles. The molecule has 1 amide bonds. The van der Waals surface area contributed by atoms with Gasteiger partial charge in [0.15, 0.2) is 0 Å². The molecule has 0 radical (unpaired) electrons. The molecule has 1 aromatic carbocycles. The Morgan fingerprint density at radius 2 is 1.83 bits per heavy atom. The van der Waals surface area contributed by atoms with Crippen LogP contribution in [0.4, 0.5) is 24.8 Å². The Morgan fingerprint density at radius 3 is 2.46 bits per heavy atom. The van der Waals surface area contributed by atoms with Crippen molar-refractivity contribution in [2.75, 3.05) is 10.6 Å². The number of alkyl halides is 3. The zero-order valence-corrected chi connectivity index (χ0v) is 12.0. The number of hydrogen-bond donors (Lipinski definition) is 2. The molecule has 6 nitrogen and oxygen atoms in total. The zero-order chi connectivity index (χ0) is 17.6. The van der Waals surface area contributed by atoms with Crippen molar-refractivity contribution in [1.82, 2.24) is 9.97 Å². The topological polar surface area (TPSA) is 90.7 Å². The van der Waals surface area contributed by atoms with E-state index in [1.54, 1.807) is 12.1 Å². The lowest BCUT2D eigenvalue weighted by Crippen LogP contribution is -2.18. The molecule has 0 saturated carbocycles. The van der Waals surface area contributed by atoms with E-state index in [1.165, 1.54) is 24.5 Å². The summed E-state index contributed by atoms with van der Waals surface area (Å²) in [5.74, 6) is -0.855. The van der Waals surface area contributed by atoms with Crippen LogP contribution in [0.1, 0.15) is 5.56 Å². The van der Waals surface area contributed by atoms with Crippen LogP contribution in [-0.2, 0) is 11.0 Å². The lowest BCUT2D eigenvalue weighted by Gasteiger charge is -2.13. The number of nitrogens with zero attached hydrogens (tertiary/aromatic N) is 3. The second-order valence-corrected chi connectivity index (χ2v) is 4.38. The fourth-order valence-corrected chi connectivity index (χ4v) is 1.69. The maximum Gasteiger partial charge on any atom is 0.418 e. The number of nitrogens with one attached hydrogen (secondary N) is 2. The molecular weight excluding hydrogens is 323 g/mol. The van der Waals surface area contributed by atoms with Gasteiger partial charge in [0.1, 0.15) is 11.6 Å². The molecule has 0 aliphatic rings. The number of aromatic nitrogens is 2. The van der Waals surface area contributed by atoms with Crippen LogP contribution in [0.3, 0.4) is 0 Å². The Bertz CT molecular complexity index is 797. The van der Waals surface area contributed by atoms with Crippen molar-refractivity contribution in [2.24, 2.45) is 0 Å². The molecular formula is C15H10F3N5O. The molecule has 9 heteroatoms. The fraction of sp³-hybridized carbons (Fsp3) is 0.0667. The third-order valence-electron chi connectivity index (χ3n) is 2.76. The van der Waals surface area contributed by atoms with Gasteiger partial charge in [-0.25, -0.2) is 9.97 Å². The van der Waals surface area contributed by atoms with Gasteiger partial charge in [0.25, 0.3) is 5.91 Å². The van der Waals surface area contributed by atoms with Gasteiger partial charge in [-0.15, -0.1) is 0 Å². The molecule has 0 bridgehead atoms. The largest absolute Gasteiger partial charge is 0.418 e. The number of amides is 1. The average molecular weight is 333 g/mol. The number of hydrogen-bond acceptors (Lipinski definition) is 5. The van der Waals surface area contributed by atoms with E-state index in [4.69, 9.17) is 5.26 Å². The van der Waals surface area contributed by atoms with Gasteiger partial charge in [0.05, 0.1) is 11.3 Å². The second-order valence-electron chi connectivity index (χ2n) is 4.38. The summed E-state index contributed by atoms with van der Waals surface area (Å²) in [5.41, 5.74) is -1.87. The second kappa shape index (κ2) is 7.23. The van der Waals surface area contributed by atoms with Gasteiger partial charge in [-0.1, -0.05) is 12.1 Å². The molecule has 2 N–H and O–H groups in total. The highest BCUT2D eigenvalue weighted by Crippen LogP contribution is 2.34. The SMILES string of the molecule is N#C/C(=C/Nc1ncccn1)C(=O)Nc1ccccc1C(F)(F)F. The van der Waals surface area contributed by atoms with E-state index in [1.807, 2.05) is 0 Å². The van der Waals surface area contributed by atoms with Gasteiger partial charge in [-0.05, 0) is 18.2 Å². The fourth-order valence-electron chi connectivity index (χ4n) is 1.69. The van der Waals surface area contributed by atoms with E-state index in [-0.39, 0.29) is 5.95 Å². The number of anilines is 2. The summed E-state index contributed by atoms with van der Waals surface area (Å²) in [5, 5.41) is 13.6. The molecule has 1 heterocycles. The van der Waals surface area contributed by atoms with E-state index < -0.39 is 28.9 Å². The van der Waals surface area contributed by atoms with Crippen LogP contribution in [0.15, 0.2) is 54.5 Å². The smallest absolute Gasteiger partial charge is 0.329 e. The Labute approximate surface area is 134 Å². The van der Waals surface area contributed by atoms with Crippen molar-refractivity contribution < 1.29 is 18.0 Å². The molecule has 24 heavy (non-hydrogen) atoms. The first kappa shape index (κ1) is 17.0. The number of carbonyl (C=O) groups is 1. The summed E-state index contributed by atoms with van der Waals surface area (Å²) in [7, 11) is 0. The van der Waals surface area contributed by atoms with Crippen LogP contribution >= 0.6 is 0 Å². The minimum atomic E-state index is -4.63. The summed E-state index contributed by atoms with van der Waals surface area (Å²) < 4.78 is 38.7. The van der Waals surface area contributed by atoms with E-state index in [9.17, 15) is 18.0 Å². The first-order chi connectivity index (χ1) is 11.4. The van der Waals surface area contributed by atoms with Crippen molar-refractivity contribution in [3.05, 3.63) is 60.1 Å². The molecule has 2 rings (SSSR count). The van der Waals surface area contributed by atoms with Gasteiger partial charge in [0.2, 0.25) is 5.95 Å². The molecule has 2 aromatic rings. The van der Waals surface area contributed by atoms with Crippen LogP contribution < -0.4 is 10.6 Å². The predicted octanol–water partition coefficient (Wildman–Crippen LogP) is 2.95. The quantitative estimate of drug-likeness (QED) is 0.663. The molecule has 0 aliphatic carbocycles. The Hall–Kier alpha value is -3.41. The highest BCUT2D eigenvalue weighted by Gasteiger charge is 2.33. The maximum atomic E-state index is 12.9. The van der Waals surface area contributed by atoms with E-state index >= 15 is 0 Å². The van der Waals surface area contributed by atoms with Crippen molar-refractivity contribution in [1.29, 1.82) is 5.26 Å². The zero-order valence-electron chi connectivity index (χ0n) is 12.0. The normalized spacial score (nSPS) is 11.5. The third-order valence-corrected chi connectivity index (χ3v) is 2.76. The number of benzene rings is 1. The van der Waals surface area contributed by atoms with Gasteiger partial charge >= 0.3 is 6.18 Å². The van der Waals surface area contributed by atoms with Crippen LogP contribution in [0.2, 0.25) is 0 Å². The first-order valence-electron chi connectivity index (χ1n) is 6.53. The Morgan fingerprint density at radius 1 is 1.17 bits per heavy atom. The van der Waals surface area contributed by atoms with Gasteiger partial charge < -0.3 is 10.6 Å². The van der Waals surface area contributed by atoms with Crippen LogP contribution in [-0.4, -0.2) is 15.9 Å². The van der Waals surface area contributed by atoms with Crippen LogP contribution in [0.25, 0.3) is 0 Å². The first-order valence-corrected chi connectivity index (χ1v) is 6.53. The maximum absolute atomic E-state index is 12.9. The highest BCUT2D eigenvalue weighted by atomic mass is 19.4. The summed E-state index contributed by atoms with van der Waals surface area (Å²) >= 11 is 0. The van der Waals surface area contributed by atoms with E-state index in [0.717, 1.165) is 18.3 Å². The monoisotopic (exact) mass is 333 g/mol. The van der Waals surface area contributed by atoms with Gasteiger partial charge in [0, 0.05) is 18.6 Å². The molecule has 0 atom stereocenters. The van der Waals surface area contributed by atoms with Crippen LogP contribution in [0.5, 0.6) is 0 Å². The van der Waals surface area contributed by atoms with Gasteiger partial charge in [-0.2, -0.15) is 18.4 Å². The average Bonchev–Trinajstić information content (AvgIpc) is 2.56. The number of rotatable bonds is 4. The minimum absolute atomic E-state index is 0.133. The van der Waals surface area contributed by atoms with Crippen molar-refractivity contribution in [3.8, 4) is 6.07 Å². The van der Waals surface area contributed by atoms with Gasteiger partial charge in [-0.3, -0.25) is 4.79 Å². The van der Waals surface area contributed by atoms with E-state index in [0.29, 0.717) is 0 Å². The third kappa shape index (κ3) is 4.30. The van der Waals surface area contributed by atoms with Crippen LogP contribution in [0, 0.1) is 11.3 Å². The summed E-state index contributed by atoms with van der Waals surface area (Å²) in [4.78, 5) is 19.6.